The number of hydrogen-bond acceptors (Lipinski definition) is 3. The van der Waals surface area contributed by atoms with Gasteiger partial charge in [-0.15, -0.1) is 0 Å². The zero-order valence-corrected chi connectivity index (χ0v) is 7.70. The molecule has 66 valence electrons. The van der Waals surface area contributed by atoms with Crippen LogP contribution >= 0.6 is 0 Å². The van der Waals surface area contributed by atoms with E-state index in [4.69, 9.17) is 0 Å². The Labute approximate surface area is 72.5 Å². The smallest absolute Gasteiger partial charge is 0.0780 e. The molecule has 0 amide bonds. The van der Waals surface area contributed by atoms with Gasteiger partial charge in [0.25, 0.3) is 0 Å². The first kappa shape index (κ1) is 9.13. The van der Waals surface area contributed by atoms with Gasteiger partial charge in [0, 0.05) is 5.56 Å². The van der Waals surface area contributed by atoms with Crippen LogP contribution in [0.4, 0.5) is 0 Å². The second-order valence-electron chi connectivity index (χ2n) is 2.92. The van der Waals surface area contributed by atoms with Crippen LogP contribution in [0.5, 0.6) is 0 Å². The van der Waals surface area contributed by atoms with Crippen LogP contribution in [0.25, 0.3) is 0 Å². The van der Waals surface area contributed by atoms with Crippen LogP contribution < -0.4 is 0 Å². The molecule has 1 N–H and O–H groups in total. The van der Waals surface area contributed by atoms with Crippen LogP contribution in [-0.2, 0) is 6.42 Å². The number of aromatic nitrogens is 2. The minimum absolute atomic E-state index is 0.450. The van der Waals surface area contributed by atoms with Crippen molar-refractivity contribution in [1.82, 2.24) is 10.2 Å². The van der Waals surface area contributed by atoms with Gasteiger partial charge in [0.15, 0.2) is 0 Å². The van der Waals surface area contributed by atoms with Crippen molar-refractivity contribution in [2.45, 2.75) is 33.3 Å². The normalized spacial score (nSPS) is 13.0. The van der Waals surface area contributed by atoms with E-state index in [0.717, 1.165) is 23.4 Å². The molecule has 1 heterocycles. The SMILES string of the molecule is CCc1nnc(C)cc1C(C)O. The Hall–Kier alpha value is -0.960. The van der Waals surface area contributed by atoms with Gasteiger partial charge in [-0.05, 0) is 26.3 Å². The molecule has 0 saturated heterocycles. The molecule has 1 unspecified atom stereocenters. The highest BCUT2D eigenvalue weighted by Gasteiger charge is 2.08. The van der Waals surface area contributed by atoms with Crippen LogP contribution in [0.3, 0.4) is 0 Å². The van der Waals surface area contributed by atoms with Crippen molar-refractivity contribution < 1.29 is 5.11 Å². The minimum atomic E-state index is -0.450. The number of aliphatic hydroxyl groups excluding tert-OH is 1. The van der Waals surface area contributed by atoms with Crippen molar-refractivity contribution in [3.05, 3.63) is 23.0 Å². The predicted octanol–water partition coefficient (Wildman–Crippen LogP) is 1.40. The first-order valence-electron chi connectivity index (χ1n) is 4.16. The second kappa shape index (κ2) is 3.63. The van der Waals surface area contributed by atoms with Gasteiger partial charge in [-0.2, -0.15) is 10.2 Å². The number of nitrogens with zero attached hydrogens (tertiary/aromatic N) is 2. The highest BCUT2D eigenvalue weighted by molar-refractivity contribution is 5.22. The quantitative estimate of drug-likeness (QED) is 0.722. The van der Waals surface area contributed by atoms with E-state index in [9.17, 15) is 5.11 Å². The predicted molar refractivity (Wildman–Crippen MR) is 46.8 cm³/mol. The Morgan fingerprint density at radius 2 is 2.17 bits per heavy atom. The average molecular weight is 166 g/mol. The van der Waals surface area contributed by atoms with Gasteiger partial charge in [-0.1, -0.05) is 6.92 Å². The summed E-state index contributed by atoms with van der Waals surface area (Å²) in [6.45, 7) is 5.62. The molecule has 3 nitrogen and oxygen atoms in total. The summed E-state index contributed by atoms with van der Waals surface area (Å²) in [6.07, 6.45) is 0.363. The third-order valence-corrected chi connectivity index (χ3v) is 1.81. The van der Waals surface area contributed by atoms with Crippen molar-refractivity contribution in [2.75, 3.05) is 0 Å². The number of aliphatic hydroxyl groups is 1. The molecule has 0 aliphatic heterocycles. The van der Waals surface area contributed by atoms with Crippen LogP contribution in [-0.4, -0.2) is 15.3 Å². The van der Waals surface area contributed by atoms with Gasteiger partial charge in [0.1, 0.15) is 0 Å². The number of rotatable bonds is 2. The summed E-state index contributed by atoms with van der Waals surface area (Å²) in [5.74, 6) is 0. The molecular weight excluding hydrogens is 152 g/mol. The molecule has 1 rings (SSSR count). The highest BCUT2D eigenvalue weighted by atomic mass is 16.3. The van der Waals surface area contributed by atoms with Gasteiger partial charge in [0.2, 0.25) is 0 Å². The number of hydrogen-bond donors (Lipinski definition) is 1. The van der Waals surface area contributed by atoms with Crippen molar-refractivity contribution in [3.63, 3.8) is 0 Å². The molecule has 1 aromatic heterocycles. The maximum atomic E-state index is 9.39. The molecule has 0 radical (unpaired) electrons. The topological polar surface area (TPSA) is 46.0 Å². The summed E-state index contributed by atoms with van der Waals surface area (Å²) >= 11 is 0. The zero-order valence-electron chi connectivity index (χ0n) is 7.70. The van der Waals surface area contributed by atoms with E-state index >= 15 is 0 Å². The molecular formula is C9H14N2O. The molecule has 0 fully saturated rings. The summed E-state index contributed by atoms with van der Waals surface area (Å²) < 4.78 is 0. The molecule has 0 spiro atoms. The van der Waals surface area contributed by atoms with Crippen molar-refractivity contribution in [1.29, 1.82) is 0 Å². The first-order valence-corrected chi connectivity index (χ1v) is 4.16. The summed E-state index contributed by atoms with van der Waals surface area (Å²) in [6, 6.07) is 1.89. The summed E-state index contributed by atoms with van der Waals surface area (Å²) in [7, 11) is 0. The molecule has 12 heavy (non-hydrogen) atoms. The lowest BCUT2D eigenvalue weighted by molar-refractivity contribution is 0.197. The largest absolute Gasteiger partial charge is 0.389 e. The standard InChI is InChI=1S/C9H14N2O/c1-4-9-8(7(3)12)5-6(2)10-11-9/h5,7,12H,4H2,1-3H3. The molecule has 0 aromatic carbocycles. The van der Waals surface area contributed by atoms with E-state index in [0.29, 0.717) is 0 Å². The van der Waals surface area contributed by atoms with Crippen LogP contribution in [0, 0.1) is 6.92 Å². The van der Waals surface area contributed by atoms with Crippen LogP contribution in [0.1, 0.15) is 36.9 Å². The van der Waals surface area contributed by atoms with E-state index in [1.165, 1.54) is 0 Å². The highest BCUT2D eigenvalue weighted by Crippen LogP contribution is 2.15. The lowest BCUT2D eigenvalue weighted by Gasteiger charge is -2.08. The molecule has 1 aromatic rings. The third-order valence-electron chi connectivity index (χ3n) is 1.81. The monoisotopic (exact) mass is 166 g/mol. The second-order valence-corrected chi connectivity index (χ2v) is 2.92. The van der Waals surface area contributed by atoms with E-state index in [2.05, 4.69) is 10.2 Å². The van der Waals surface area contributed by atoms with Crippen LogP contribution in [0.2, 0.25) is 0 Å². The van der Waals surface area contributed by atoms with Crippen molar-refractivity contribution >= 4 is 0 Å². The summed E-state index contributed by atoms with van der Waals surface area (Å²) in [5.41, 5.74) is 2.63. The Morgan fingerprint density at radius 1 is 1.50 bits per heavy atom. The third kappa shape index (κ3) is 1.80. The molecule has 1 atom stereocenters. The Morgan fingerprint density at radius 3 is 2.67 bits per heavy atom. The average Bonchev–Trinajstić information content (AvgIpc) is 2.04. The molecule has 0 bridgehead atoms. The van der Waals surface area contributed by atoms with E-state index in [-0.39, 0.29) is 0 Å². The summed E-state index contributed by atoms with van der Waals surface area (Å²) in [5, 5.41) is 17.3. The van der Waals surface area contributed by atoms with E-state index < -0.39 is 6.10 Å². The Kier molecular flexibility index (Phi) is 2.76. The maximum absolute atomic E-state index is 9.39. The fourth-order valence-corrected chi connectivity index (χ4v) is 1.17. The first-order chi connectivity index (χ1) is 5.65. The van der Waals surface area contributed by atoms with Gasteiger partial charge in [-0.3, -0.25) is 0 Å². The van der Waals surface area contributed by atoms with Gasteiger partial charge in [-0.25, -0.2) is 0 Å². The zero-order chi connectivity index (χ0) is 9.14. The molecule has 0 aliphatic carbocycles. The number of aryl methyl sites for hydroxylation is 2. The lowest BCUT2D eigenvalue weighted by Crippen LogP contribution is -2.03. The van der Waals surface area contributed by atoms with E-state index in [1.54, 1.807) is 6.92 Å². The van der Waals surface area contributed by atoms with Gasteiger partial charge >= 0.3 is 0 Å². The Bertz CT molecular complexity index is 271. The fourth-order valence-electron chi connectivity index (χ4n) is 1.17. The van der Waals surface area contributed by atoms with Crippen LogP contribution in [0.15, 0.2) is 6.07 Å². The van der Waals surface area contributed by atoms with Gasteiger partial charge in [0.05, 0.1) is 17.5 Å². The maximum Gasteiger partial charge on any atom is 0.0780 e. The molecule has 0 saturated carbocycles. The fraction of sp³-hybridized carbons (Fsp3) is 0.556. The minimum Gasteiger partial charge on any atom is -0.389 e. The van der Waals surface area contributed by atoms with Crippen molar-refractivity contribution in [2.24, 2.45) is 0 Å². The summed E-state index contributed by atoms with van der Waals surface area (Å²) in [4.78, 5) is 0. The lowest BCUT2D eigenvalue weighted by atomic mass is 10.1. The Balaban J connectivity index is 3.12. The van der Waals surface area contributed by atoms with E-state index in [1.807, 2.05) is 19.9 Å². The molecule has 0 aliphatic rings. The van der Waals surface area contributed by atoms with Crippen molar-refractivity contribution in [3.8, 4) is 0 Å². The molecule has 3 heteroatoms. The van der Waals surface area contributed by atoms with Gasteiger partial charge < -0.3 is 5.11 Å².